The zero-order valence-corrected chi connectivity index (χ0v) is 21.3. The Morgan fingerprint density at radius 3 is 2.50 bits per heavy atom. The van der Waals surface area contributed by atoms with Crippen LogP contribution in [0.1, 0.15) is 22.5 Å². The number of aryl methyl sites for hydroxylation is 2. The minimum Gasteiger partial charge on any atom is -0.366 e. The Morgan fingerprint density at radius 2 is 1.78 bits per heavy atom. The van der Waals surface area contributed by atoms with Crippen LogP contribution in [0.5, 0.6) is 0 Å². The molecule has 2 aromatic heterocycles. The molecular formula is C27H28F3N5S. The van der Waals surface area contributed by atoms with Crippen LogP contribution in [-0.2, 0) is 12.6 Å². The third-order valence-corrected chi connectivity index (χ3v) is 7.56. The summed E-state index contributed by atoms with van der Waals surface area (Å²) >= 11 is 1.77. The third-order valence-electron chi connectivity index (χ3n) is 6.71. The van der Waals surface area contributed by atoms with Crippen LogP contribution in [0.15, 0.2) is 60.7 Å². The van der Waals surface area contributed by atoms with Crippen LogP contribution in [0.3, 0.4) is 0 Å². The summed E-state index contributed by atoms with van der Waals surface area (Å²) in [4.78, 5) is 6.32. The molecule has 0 bridgehead atoms. The van der Waals surface area contributed by atoms with Gasteiger partial charge in [0.25, 0.3) is 0 Å². The monoisotopic (exact) mass is 511 g/mol. The van der Waals surface area contributed by atoms with Crippen molar-refractivity contribution >= 4 is 28.5 Å². The highest BCUT2D eigenvalue weighted by molar-refractivity contribution is 7.96. The van der Waals surface area contributed by atoms with Crippen molar-refractivity contribution in [3.8, 4) is 5.82 Å². The molecule has 1 atom stereocenters. The molecule has 9 heteroatoms. The molecule has 0 amide bonds. The van der Waals surface area contributed by atoms with Crippen molar-refractivity contribution in [2.24, 2.45) is 0 Å². The van der Waals surface area contributed by atoms with Crippen molar-refractivity contribution in [1.29, 1.82) is 0 Å². The van der Waals surface area contributed by atoms with E-state index in [9.17, 15) is 13.2 Å². The molecule has 5 nitrogen and oxygen atoms in total. The van der Waals surface area contributed by atoms with Gasteiger partial charge in [0.15, 0.2) is 5.82 Å². The molecule has 1 saturated heterocycles. The molecule has 3 heterocycles. The number of aromatic nitrogens is 3. The van der Waals surface area contributed by atoms with Crippen LogP contribution in [0, 0.1) is 13.8 Å². The topological polar surface area (TPSA) is 37.2 Å². The highest BCUT2D eigenvalue weighted by Gasteiger charge is 2.33. The Kier molecular flexibility index (Phi) is 6.70. The van der Waals surface area contributed by atoms with Gasteiger partial charge in [-0.15, -0.1) is 0 Å². The molecular weight excluding hydrogens is 483 g/mol. The van der Waals surface area contributed by atoms with Gasteiger partial charge in [-0.2, -0.15) is 18.3 Å². The number of anilines is 1. The summed E-state index contributed by atoms with van der Waals surface area (Å²) in [7, 11) is 0. The lowest BCUT2D eigenvalue weighted by atomic mass is 10.0. The molecule has 0 spiro atoms. The largest absolute Gasteiger partial charge is 0.433 e. The molecule has 36 heavy (non-hydrogen) atoms. The maximum Gasteiger partial charge on any atom is 0.433 e. The van der Waals surface area contributed by atoms with E-state index in [2.05, 4.69) is 61.9 Å². The fourth-order valence-corrected chi connectivity index (χ4v) is 5.48. The van der Waals surface area contributed by atoms with Gasteiger partial charge < -0.3 is 4.90 Å². The first-order valence-corrected chi connectivity index (χ1v) is 13.1. The Bertz CT molecular complexity index is 1370. The second kappa shape index (κ2) is 9.78. The molecule has 188 valence electrons. The number of benzene rings is 2. The predicted octanol–water partition coefficient (Wildman–Crippen LogP) is 6.07. The van der Waals surface area contributed by atoms with Crippen LogP contribution in [0.2, 0.25) is 0 Å². The van der Waals surface area contributed by atoms with E-state index in [1.807, 2.05) is 19.1 Å². The van der Waals surface area contributed by atoms with Crippen LogP contribution in [0.25, 0.3) is 16.7 Å². The maximum atomic E-state index is 13.4. The molecule has 0 aliphatic carbocycles. The number of hydrogen-bond donors (Lipinski definition) is 0. The number of fused-ring (bicyclic) bond motifs is 1. The van der Waals surface area contributed by atoms with Gasteiger partial charge in [0, 0.05) is 36.7 Å². The molecule has 1 unspecified atom stereocenters. The van der Waals surface area contributed by atoms with Gasteiger partial charge in [0.2, 0.25) is 0 Å². The van der Waals surface area contributed by atoms with E-state index in [1.54, 1.807) is 24.9 Å². The van der Waals surface area contributed by atoms with Crippen LogP contribution >= 0.6 is 11.9 Å². The SMILES string of the molecule is CSN1CCN(c2ccc3nn(-c4cc(C)cc(C(F)(F)F)n4)c(C)c3c2)C(Cc2ccccc2)C1. The zero-order valence-electron chi connectivity index (χ0n) is 20.5. The highest BCUT2D eigenvalue weighted by Crippen LogP contribution is 2.32. The summed E-state index contributed by atoms with van der Waals surface area (Å²) in [5.41, 5.74) is 3.47. The van der Waals surface area contributed by atoms with Crippen LogP contribution < -0.4 is 4.90 Å². The first kappa shape index (κ1) is 24.6. The fraction of sp³-hybridized carbons (Fsp3) is 0.333. The standard InChI is InChI=1S/C27H28F3N5S/c1-18-13-25(27(28,29)30)31-26(14-18)35-19(2)23-16-21(9-10-24(23)32-35)34-12-11-33(36-3)17-22(34)15-20-7-5-4-6-8-20/h4-10,13-14,16,22H,11-12,15,17H2,1-3H3. The fourth-order valence-electron chi connectivity index (χ4n) is 4.90. The normalized spacial score (nSPS) is 17.2. The summed E-state index contributed by atoms with van der Waals surface area (Å²) in [6.45, 7) is 6.31. The molecule has 1 aliphatic rings. The second-order valence-corrected chi connectivity index (χ2v) is 10.1. The van der Waals surface area contributed by atoms with Gasteiger partial charge in [-0.3, -0.25) is 0 Å². The Labute approximate surface area is 213 Å². The smallest absolute Gasteiger partial charge is 0.366 e. The summed E-state index contributed by atoms with van der Waals surface area (Å²) in [6, 6.07) is 19.6. The number of nitrogens with zero attached hydrogens (tertiary/aromatic N) is 5. The second-order valence-electron chi connectivity index (χ2n) is 9.19. The third kappa shape index (κ3) is 4.95. The number of halogens is 3. The molecule has 4 aromatic rings. The quantitative estimate of drug-likeness (QED) is 0.304. The first-order chi connectivity index (χ1) is 17.2. The lowest BCUT2D eigenvalue weighted by molar-refractivity contribution is -0.141. The van der Waals surface area contributed by atoms with E-state index < -0.39 is 11.9 Å². The average Bonchev–Trinajstić information content (AvgIpc) is 3.19. The Balaban J connectivity index is 1.51. The molecule has 5 rings (SSSR count). The van der Waals surface area contributed by atoms with Crippen molar-refractivity contribution in [2.45, 2.75) is 32.5 Å². The van der Waals surface area contributed by atoms with E-state index in [0.717, 1.165) is 54.4 Å². The summed E-state index contributed by atoms with van der Waals surface area (Å²) in [6.07, 6.45) is -1.47. The van der Waals surface area contributed by atoms with Crippen molar-refractivity contribution in [2.75, 3.05) is 30.8 Å². The molecule has 1 fully saturated rings. The highest BCUT2D eigenvalue weighted by atomic mass is 32.2. The Morgan fingerprint density at radius 1 is 1.00 bits per heavy atom. The predicted molar refractivity (Wildman–Crippen MR) is 140 cm³/mol. The Hall–Kier alpha value is -3.04. The lowest BCUT2D eigenvalue weighted by Gasteiger charge is -2.42. The van der Waals surface area contributed by atoms with Gasteiger partial charge in [-0.1, -0.05) is 42.3 Å². The van der Waals surface area contributed by atoms with E-state index in [4.69, 9.17) is 0 Å². The average molecular weight is 512 g/mol. The number of alkyl halides is 3. The maximum absolute atomic E-state index is 13.4. The first-order valence-electron chi connectivity index (χ1n) is 11.9. The molecule has 1 aliphatic heterocycles. The molecule has 2 aromatic carbocycles. The molecule has 0 N–H and O–H groups in total. The van der Waals surface area contributed by atoms with E-state index in [-0.39, 0.29) is 5.82 Å². The van der Waals surface area contributed by atoms with Gasteiger partial charge in [0.1, 0.15) is 5.69 Å². The van der Waals surface area contributed by atoms with Crippen LogP contribution in [0.4, 0.5) is 18.9 Å². The van der Waals surface area contributed by atoms with E-state index >= 15 is 0 Å². The van der Waals surface area contributed by atoms with Crippen molar-refractivity contribution < 1.29 is 13.2 Å². The minimum atomic E-state index is -4.51. The minimum absolute atomic E-state index is 0.174. The van der Waals surface area contributed by atoms with E-state index in [1.165, 1.54) is 10.2 Å². The van der Waals surface area contributed by atoms with Crippen molar-refractivity contribution in [3.63, 3.8) is 0 Å². The number of rotatable bonds is 5. The number of pyridine rings is 1. The van der Waals surface area contributed by atoms with Crippen molar-refractivity contribution in [3.05, 3.63) is 83.2 Å². The zero-order chi connectivity index (χ0) is 25.4. The number of hydrogen-bond acceptors (Lipinski definition) is 5. The summed E-state index contributed by atoms with van der Waals surface area (Å²) in [5.74, 6) is 0.174. The van der Waals surface area contributed by atoms with E-state index in [0.29, 0.717) is 11.6 Å². The van der Waals surface area contributed by atoms with Gasteiger partial charge in [-0.05, 0) is 68.0 Å². The van der Waals surface area contributed by atoms with Gasteiger partial charge in [-0.25, -0.2) is 14.0 Å². The lowest BCUT2D eigenvalue weighted by Crippen LogP contribution is -2.52. The molecule has 0 saturated carbocycles. The van der Waals surface area contributed by atoms with Gasteiger partial charge in [0.05, 0.1) is 11.2 Å². The summed E-state index contributed by atoms with van der Waals surface area (Å²) in [5, 5.41) is 5.51. The van der Waals surface area contributed by atoms with Crippen LogP contribution in [-0.4, -0.2) is 51.0 Å². The van der Waals surface area contributed by atoms with Gasteiger partial charge >= 0.3 is 6.18 Å². The van der Waals surface area contributed by atoms with Crippen molar-refractivity contribution in [1.82, 2.24) is 19.1 Å². The number of piperazine rings is 1. The summed E-state index contributed by atoms with van der Waals surface area (Å²) < 4.78 is 44.0. The molecule has 0 radical (unpaired) electrons.